The lowest BCUT2D eigenvalue weighted by Gasteiger charge is -2.38. The summed E-state index contributed by atoms with van der Waals surface area (Å²) < 4.78 is 25.5. The Morgan fingerprint density at radius 1 is 0.902 bits per heavy atom. The maximum absolute atomic E-state index is 14.7. The zero-order valence-corrected chi connectivity index (χ0v) is 33.0. The van der Waals surface area contributed by atoms with Crippen LogP contribution in [-0.2, 0) is 29.0 Å². The molecule has 5 unspecified atom stereocenters. The van der Waals surface area contributed by atoms with Crippen LogP contribution in [0.1, 0.15) is 138 Å². The van der Waals surface area contributed by atoms with E-state index in [1.807, 2.05) is 6.92 Å². The Kier molecular flexibility index (Phi) is 13.3. The van der Waals surface area contributed by atoms with Crippen LogP contribution in [0, 0.1) is 22.7 Å². The van der Waals surface area contributed by atoms with Crippen LogP contribution in [0.5, 0.6) is 0 Å². The molecule has 1 saturated heterocycles. The lowest BCUT2D eigenvalue weighted by Crippen LogP contribution is -2.61. The molecule has 0 aromatic rings. The molecule has 1 aliphatic heterocycles. The highest BCUT2D eigenvalue weighted by Gasteiger charge is 2.55. The Hall–Kier alpha value is -2.70. The van der Waals surface area contributed by atoms with Gasteiger partial charge in [0.05, 0.1) is 17.3 Å². The molecule has 0 spiro atoms. The summed E-state index contributed by atoms with van der Waals surface area (Å²) in [6.07, 6.45) is 9.62. The van der Waals surface area contributed by atoms with Crippen molar-refractivity contribution in [1.29, 1.82) is 0 Å². The van der Waals surface area contributed by atoms with Gasteiger partial charge in [-0.3, -0.25) is 19.2 Å². The summed E-state index contributed by atoms with van der Waals surface area (Å²) in [5.41, 5.74) is -1.08. The SMILES string of the molecule is CCCCC(NC(=O)C1C2CC(C)(C)CC2CN1C(=O)C(CCC(C)(C)C)NC(=O)NC1(CS(=O)(=O)CC)CCCCC1)C(=O)C(=O)NC1CC1. The number of Topliss-reactive ketones (excluding diaryl/α,β-unsaturated/α-hetero) is 1. The van der Waals surface area contributed by atoms with Gasteiger partial charge in [-0.25, -0.2) is 13.2 Å². The van der Waals surface area contributed by atoms with Crippen LogP contribution in [0.2, 0.25) is 0 Å². The van der Waals surface area contributed by atoms with Crippen LogP contribution in [0.4, 0.5) is 4.79 Å². The minimum atomic E-state index is -3.39. The minimum absolute atomic E-state index is 0.00664. The van der Waals surface area contributed by atoms with Gasteiger partial charge in [-0.05, 0) is 80.5 Å². The molecule has 1 heterocycles. The van der Waals surface area contributed by atoms with Crippen LogP contribution in [0.15, 0.2) is 0 Å². The highest BCUT2D eigenvalue weighted by Crippen LogP contribution is 2.51. The molecular formula is C38H65N5O7S. The number of urea groups is 1. The Morgan fingerprint density at radius 2 is 1.57 bits per heavy atom. The van der Waals surface area contributed by atoms with E-state index in [2.05, 4.69) is 55.9 Å². The van der Waals surface area contributed by atoms with Crippen LogP contribution in [0.25, 0.3) is 0 Å². The molecule has 51 heavy (non-hydrogen) atoms. The average molecular weight is 736 g/mol. The van der Waals surface area contributed by atoms with Crippen LogP contribution >= 0.6 is 0 Å². The Labute approximate surface area is 306 Å². The van der Waals surface area contributed by atoms with Crippen LogP contribution in [0.3, 0.4) is 0 Å². The molecule has 4 aliphatic rings. The Morgan fingerprint density at radius 3 is 2.16 bits per heavy atom. The topological polar surface area (TPSA) is 171 Å². The van der Waals surface area contributed by atoms with Crippen molar-refractivity contribution in [2.45, 2.75) is 168 Å². The van der Waals surface area contributed by atoms with Crippen molar-refractivity contribution in [2.75, 3.05) is 18.1 Å². The van der Waals surface area contributed by atoms with Gasteiger partial charge in [0.2, 0.25) is 17.6 Å². The summed E-state index contributed by atoms with van der Waals surface area (Å²) in [6, 6.07) is -3.37. The molecular weight excluding hydrogens is 671 g/mol. The molecule has 290 valence electrons. The number of carbonyl (C=O) groups excluding carboxylic acids is 5. The number of nitrogens with one attached hydrogen (secondary N) is 4. The first-order valence-electron chi connectivity index (χ1n) is 19.5. The molecule has 3 aliphatic carbocycles. The minimum Gasteiger partial charge on any atom is -0.347 e. The van der Waals surface area contributed by atoms with E-state index in [9.17, 15) is 32.4 Å². The summed E-state index contributed by atoms with van der Waals surface area (Å²) in [6.45, 7) is 14.5. The summed E-state index contributed by atoms with van der Waals surface area (Å²) in [5.74, 6) is -2.36. The third-order valence-electron chi connectivity index (χ3n) is 11.5. The Balaban J connectivity index is 1.59. The van der Waals surface area contributed by atoms with E-state index in [0.29, 0.717) is 45.1 Å². The number of rotatable bonds is 16. The second-order valence-electron chi connectivity index (χ2n) is 18.0. The molecule has 4 fully saturated rings. The zero-order valence-electron chi connectivity index (χ0n) is 32.2. The van der Waals surface area contributed by atoms with E-state index in [1.165, 1.54) is 0 Å². The number of hydrogen-bond donors (Lipinski definition) is 4. The average Bonchev–Trinajstić information content (AvgIpc) is 3.71. The fourth-order valence-corrected chi connectivity index (χ4v) is 9.99. The van der Waals surface area contributed by atoms with Crippen molar-refractivity contribution in [2.24, 2.45) is 22.7 Å². The van der Waals surface area contributed by atoms with Gasteiger partial charge in [0, 0.05) is 18.3 Å². The number of amides is 5. The van der Waals surface area contributed by atoms with Gasteiger partial charge in [0.25, 0.3) is 5.91 Å². The first-order chi connectivity index (χ1) is 23.8. The van der Waals surface area contributed by atoms with Crippen molar-refractivity contribution in [3.63, 3.8) is 0 Å². The molecule has 0 bridgehead atoms. The summed E-state index contributed by atoms with van der Waals surface area (Å²) in [5, 5.41) is 11.6. The van der Waals surface area contributed by atoms with E-state index in [0.717, 1.165) is 51.4 Å². The summed E-state index contributed by atoms with van der Waals surface area (Å²) >= 11 is 0. The normalized spacial score (nSPS) is 25.3. The lowest BCUT2D eigenvalue weighted by atomic mass is 9.83. The molecule has 3 saturated carbocycles. The largest absolute Gasteiger partial charge is 0.347 e. The van der Waals surface area contributed by atoms with E-state index < -0.39 is 57.1 Å². The third-order valence-corrected chi connectivity index (χ3v) is 13.3. The first kappa shape index (κ1) is 41.1. The zero-order chi connectivity index (χ0) is 37.8. The van der Waals surface area contributed by atoms with E-state index in [1.54, 1.807) is 11.8 Å². The number of ketones is 1. The predicted molar refractivity (Wildman–Crippen MR) is 197 cm³/mol. The fraction of sp³-hybridized carbons (Fsp3) is 0.868. The fourth-order valence-electron chi connectivity index (χ4n) is 8.58. The quantitative estimate of drug-likeness (QED) is 0.170. The molecule has 5 amide bonds. The molecule has 0 aromatic heterocycles. The van der Waals surface area contributed by atoms with Crippen molar-refractivity contribution in [3.05, 3.63) is 0 Å². The molecule has 5 atom stereocenters. The molecule has 0 radical (unpaired) electrons. The number of fused-ring (bicyclic) bond motifs is 1. The van der Waals surface area contributed by atoms with Crippen LogP contribution in [-0.4, -0.2) is 90.6 Å². The number of likely N-dealkylation sites (tertiary alicyclic amines) is 1. The van der Waals surface area contributed by atoms with Crippen molar-refractivity contribution in [1.82, 2.24) is 26.2 Å². The number of carbonyl (C=O) groups is 5. The smallest absolute Gasteiger partial charge is 0.315 e. The number of nitrogens with zero attached hydrogens (tertiary/aromatic N) is 1. The molecule has 0 aromatic carbocycles. The van der Waals surface area contributed by atoms with Gasteiger partial charge in [-0.2, -0.15) is 0 Å². The van der Waals surface area contributed by atoms with Gasteiger partial charge in [0.1, 0.15) is 12.1 Å². The molecule has 12 nitrogen and oxygen atoms in total. The lowest BCUT2D eigenvalue weighted by molar-refractivity contribution is -0.143. The van der Waals surface area contributed by atoms with Crippen molar-refractivity contribution >= 4 is 39.4 Å². The molecule has 13 heteroatoms. The monoisotopic (exact) mass is 735 g/mol. The second-order valence-corrected chi connectivity index (χ2v) is 20.4. The highest BCUT2D eigenvalue weighted by molar-refractivity contribution is 7.91. The van der Waals surface area contributed by atoms with Gasteiger partial charge < -0.3 is 26.2 Å². The standard InChI is InChI=1S/C38H65N5O7S/c1-8-10-14-28(31(44)33(46)39-26-15-16-26)40-32(45)30-27-22-37(6,7)21-25(27)23-43(30)34(47)29(17-20-36(3,4)5)41-35(48)42-38(18-12-11-13-19-38)24-51(49,50)9-2/h25-30H,8-24H2,1-7H3,(H,39,46)(H,40,45)(H2,41,42,48). The predicted octanol–water partition coefficient (Wildman–Crippen LogP) is 4.40. The van der Waals surface area contributed by atoms with Gasteiger partial charge in [-0.15, -0.1) is 0 Å². The third kappa shape index (κ3) is 11.4. The van der Waals surface area contributed by atoms with E-state index in [4.69, 9.17) is 0 Å². The van der Waals surface area contributed by atoms with Gasteiger partial charge in [-0.1, -0.05) is 80.6 Å². The number of hydrogen-bond acceptors (Lipinski definition) is 7. The summed E-state index contributed by atoms with van der Waals surface area (Å²) in [4.78, 5) is 70.5. The van der Waals surface area contributed by atoms with E-state index >= 15 is 0 Å². The van der Waals surface area contributed by atoms with Gasteiger partial charge >= 0.3 is 6.03 Å². The van der Waals surface area contributed by atoms with E-state index in [-0.39, 0.29) is 46.1 Å². The maximum Gasteiger partial charge on any atom is 0.315 e. The molecule has 4 N–H and O–H groups in total. The van der Waals surface area contributed by atoms with Crippen molar-refractivity contribution in [3.8, 4) is 0 Å². The highest BCUT2D eigenvalue weighted by atomic mass is 32.2. The van der Waals surface area contributed by atoms with Gasteiger partial charge in [0.15, 0.2) is 9.84 Å². The Bertz CT molecular complexity index is 1400. The number of unbranched alkanes of at least 4 members (excludes halogenated alkanes) is 1. The van der Waals surface area contributed by atoms with Crippen LogP contribution < -0.4 is 21.3 Å². The summed E-state index contributed by atoms with van der Waals surface area (Å²) in [7, 11) is -3.39. The second kappa shape index (κ2) is 16.5. The first-order valence-corrected chi connectivity index (χ1v) is 21.3. The maximum atomic E-state index is 14.7. The van der Waals surface area contributed by atoms with Crippen molar-refractivity contribution < 1.29 is 32.4 Å². The molecule has 4 rings (SSSR count). The number of sulfone groups is 1.